The summed E-state index contributed by atoms with van der Waals surface area (Å²) in [5.41, 5.74) is 4.55. The molecule has 1 saturated carbocycles. The summed E-state index contributed by atoms with van der Waals surface area (Å²) in [6.45, 7) is 4.04. The Morgan fingerprint density at radius 1 is 1.33 bits per heavy atom. The summed E-state index contributed by atoms with van der Waals surface area (Å²) in [7, 11) is -2.35. The molecule has 2 aromatic rings. The van der Waals surface area contributed by atoms with Gasteiger partial charge in [0, 0.05) is 31.8 Å². The summed E-state index contributed by atoms with van der Waals surface area (Å²) in [6.07, 6.45) is 1.55. The number of H-pyrrole nitrogens is 1. The van der Waals surface area contributed by atoms with E-state index < -0.39 is 27.2 Å². The van der Waals surface area contributed by atoms with Crippen molar-refractivity contribution in [1.29, 1.82) is 0 Å². The quantitative estimate of drug-likeness (QED) is 0.448. The highest BCUT2D eigenvalue weighted by atomic mass is 32.2. The number of carbonyl (C=O) groups excluding carboxylic acids is 1. The predicted octanol–water partition coefficient (Wildman–Crippen LogP) is 0.509. The maximum atomic E-state index is 13.4. The molecule has 12 heteroatoms. The standard InChI is InChI=1S/C21H29N5O6S/c1-13(2)12-26-18(22)17(19(27)23-21(26)29)25(9-10-32-3)20(28)14-5-4-6-16(11-14)33(30,31)24-15-7-8-15/h4-6,11,13,15,24H,7-10,12,22H2,1-3H3,(H,23,27,29). The maximum absolute atomic E-state index is 13.4. The first-order valence-electron chi connectivity index (χ1n) is 10.6. The first kappa shape index (κ1) is 24.7. The summed E-state index contributed by atoms with van der Waals surface area (Å²) in [5, 5.41) is 0. The van der Waals surface area contributed by atoms with Crippen LogP contribution in [0.3, 0.4) is 0 Å². The normalized spacial score (nSPS) is 13.9. The molecule has 0 radical (unpaired) electrons. The van der Waals surface area contributed by atoms with Gasteiger partial charge in [0.15, 0.2) is 5.69 Å². The lowest BCUT2D eigenvalue weighted by Crippen LogP contribution is -2.43. The Balaban J connectivity index is 2.06. The Bertz CT molecular complexity index is 1250. The third-order valence-electron chi connectivity index (χ3n) is 5.09. The topological polar surface area (TPSA) is 157 Å². The van der Waals surface area contributed by atoms with Gasteiger partial charge in [-0.25, -0.2) is 17.9 Å². The molecule has 4 N–H and O–H groups in total. The number of hydrogen-bond acceptors (Lipinski definition) is 7. The lowest BCUT2D eigenvalue weighted by Gasteiger charge is -2.25. The molecule has 33 heavy (non-hydrogen) atoms. The highest BCUT2D eigenvalue weighted by molar-refractivity contribution is 7.89. The monoisotopic (exact) mass is 479 g/mol. The minimum absolute atomic E-state index is 0.0419. The molecule has 1 aromatic carbocycles. The van der Waals surface area contributed by atoms with Gasteiger partial charge in [-0.3, -0.25) is 24.0 Å². The Morgan fingerprint density at radius 2 is 2.03 bits per heavy atom. The molecule has 1 aliphatic rings. The number of nitrogen functional groups attached to an aromatic ring is 1. The Hall–Kier alpha value is -2.96. The molecule has 0 unspecified atom stereocenters. The van der Waals surface area contributed by atoms with Crippen LogP contribution in [0.1, 0.15) is 37.0 Å². The number of anilines is 2. The number of aromatic amines is 1. The Morgan fingerprint density at radius 3 is 2.64 bits per heavy atom. The third-order valence-corrected chi connectivity index (χ3v) is 6.60. The molecule has 180 valence electrons. The molecule has 1 aromatic heterocycles. The smallest absolute Gasteiger partial charge is 0.330 e. The number of aromatic nitrogens is 2. The Labute approximate surface area is 191 Å². The minimum atomic E-state index is -3.79. The molecule has 1 fully saturated rings. The molecule has 0 atom stereocenters. The van der Waals surface area contributed by atoms with Crippen LogP contribution in [0.25, 0.3) is 0 Å². The molecule has 11 nitrogen and oxygen atoms in total. The van der Waals surface area contributed by atoms with Crippen molar-refractivity contribution in [3.8, 4) is 0 Å². The van der Waals surface area contributed by atoms with Gasteiger partial charge in [0.2, 0.25) is 10.0 Å². The van der Waals surface area contributed by atoms with E-state index in [0.717, 1.165) is 17.7 Å². The largest absolute Gasteiger partial charge is 0.383 e. The number of amides is 1. The second kappa shape index (κ2) is 9.89. The fraction of sp³-hybridized carbons (Fsp3) is 0.476. The number of nitrogens with one attached hydrogen (secondary N) is 2. The molecule has 0 saturated heterocycles. The average molecular weight is 480 g/mol. The van der Waals surface area contributed by atoms with E-state index in [-0.39, 0.29) is 53.6 Å². The molecular weight excluding hydrogens is 450 g/mol. The highest BCUT2D eigenvalue weighted by Crippen LogP contribution is 2.24. The minimum Gasteiger partial charge on any atom is -0.383 e. The summed E-state index contributed by atoms with van der Waals surface area (Å²) < 4.78 is 34.0. The van der Waals surface area contributed by atoms with Crippen LogP contribution >= 0.6 is 0 Å². The number of benzene rings is 1. The molecule has 0 bridgehead atoms. The van der Waals surface area contributed by atoms with E-state index in [2.05, 4.69) is 9.71 Å². The SMILES string of the molecule is COCCN(C(=O)c1cccc(S(=O)(=O)NC2CC2)c1)c1c(N)n(CC(C)C)c(=O)[nH]c1=O. The molecule has 1 aliphatic carbocycles. The van der Waals surface area contributed by atoms with Crippen molar-refractivity contribution in [2.24, 2.45) is 5.92 Å². The van der Waals surface area contributed by atoms with E-state index in [9.17, 15) is 22.8 Å². The highest BCUT2D eigenvalue weighted by Gasteiger charge is 2.30. The second-order valence-electron chi connectivity index (χ2n) is 8.37. The number of rotatable bonds is 10. The van der Waals surface area contributed by atoms with Gasteiger partial charge in [0.1, 0.15) is 5.82 Å². The van der Waals surface area contributed by atoms with Crippen molar-refractivity contribution in [1.82, 2.24) is 14.3 Å². The van der Waals surface area contributed by atoms with E-state index >= 15 is 0 Å². The number of hydrogen-bond donors (Lipinski definition) is 3. The summed E-state index contributed by atoms with van der Waals surface area (Å²) in [5.74, 6) is -0.753. The van der Waals surface area contributed by atoms with E-state index in [1.54, 1.807) is 0 Å². The van der Waals surface area contributed by atoms with Crippen LogP contribution in [-0.2, 0) is 21.3 Å². The fourth-order valence-electron chi connectivity index (χ4n) is 3.32. The molecule has 3 rings (SSSR count). The van der Waals surface area contributed by atoms with Crippen LogP contribution in [0.2, 0.25) is 0 Å². The van der Waals surface area contributed by atoms with Crippen LogP contribution < -0.4 is 26.6 Å². The summed E-state index contributed by atoms with van der Waals surface area (Å²) in [4.78, 5) is 41.7. The van der Waals surface area contributed by atoms with Crippen molar-refractivity contribution < 1.29 is 17.9 Å². The third kappa shape index (κ3) is 5.70. The van der Waals surface area contributed by atoms with Crippen LogP contribution in [0.4, 0.5) is 11.5 Å². The summed E-state index contributed by atoms with van der Waals surface area (Å²) in [6, 6.07) is 5.46. The zero-order chi connectivity index (χ0) is 24.3. The van der Waals surface area contributed by atoms with E-state index in [1.807, 2.05) is 13.8 Å². The number of methoxy groups -OCH3 is 1. The molecule has 0 spiro atoms. The van der Waals surface area contributed by atoms with Gasteiger partial charge >= 0.3 is 5.69 Å². The lowest BCUT2D eigenvalue weighted by atomic mass is 10.2. The van der Waals surface area contributed by atoms with Gasteiger partial charge < -0.3 is 10.5 Å². The van der Waals surface area contributed by atoms with Crippen molar-refractivity contribution >= 4 is 27.4 Å². The van der Waals surface area contributed by atoms with Crippen molar-refractivity contribution in [2.45, 2.75) is 44.2 Å². The molecule has 0 aliphatic heterocycles. The van der Waals surface area contributed by atoms with Gasteiger partial charge in [0.25, 0.3) is 11.5 Å². The zero-order valence-electron chi connectivity index (χ0n) is 18.8. The van der Waals surface area contributed by atoms with Gasteiger partial charge in [-0.1, -0.05) is 19.9 Å². The predicted molar refractivity (Wildman–Crippen MR) is 124 cm³/mol. The van der Waals surface area contributed by atoms with E-state index in [0.29, 0.717) is 0 Å². The molecule has 1 amide bonds. The summed E-state index contributed by atoms with van der Waals surface area (Å²) >= 11 is 0. The first-order chi connectivity index (χ1) is 15.5. The number of sulfonamides is 1. The van der Waals surface area contributed by atoms with Crippen LogP contribution in [0.5, 0.6) is 0 Å². The number of carbonyl (C=O) groups is 1. The van der Waals surface area contributed by atoms with E-state index in [1.165, 1.54) is 35.9 Å². The maximum Gasteiger partial charge on any atom is 0.330 e. The van der Waals surface area contributed by atoms with Crippen molar-refractivity contribution in [2.75, 3.05) is 30.9 Å². The van der Waals surface area contributed by atoms with Gasteiger partial charge in [0.05, 0.1) is 11.5 Å². The van der Waals surface area contributed by atoms with Crippen molar-refractivity contribution in [3.05, 3.63) is 50.7 Å². The van der Waals surface area contributed by atoms with E-state index in [4.69, 9.17) is 10.5 Å². The molecular formula is C21H29N5O6S. The van der Waals surface area contributed by atoms with Crippen LogP contribution in [-0.4, -0.2) is 50.2 Å². The van der Waals surface area contributed by atoms with Gasteiger partial charge in [-0.2, -0.15) is 0 Å². The zero-order valence-corrected chi connectivity index (χ0v) is 19.6. The van der Waals surface area contributed by atoms with Gasteiger partial charge in [-0.05, 0) is 37.0 Å². The average Bonchev–Trinajstić information content (AvgIpc) is 3.56. The van der Waals surface area contributed by atoms with Crippen molar-refractivity contribution in [3.63, 3.8) is 0 Å². The lowest BCUT2D eigenvalue weighted by molar-refractivity contribution is 0.0975. The first-order valence-corrected chi connectivity index (χ1v) is 12.1. The fourth-order valence-corrected chi connectivity index (χ4v) is 4.67. The second-order valence-corrected chi connectivity index (χ2v) is 10.1. The van der Waals surface area contributed by atoms with Crippen LogP contribution in [0, 0.1) is 5.92 Å². The number of ether oxygens (including phenoxy) is 1. The van der Waals surface area contributed by atoms with Crippen LogP contribution in [0.15, 0.2) is 38.8 Å². The van der Waals surface area contributed by atoms with Gasteiger partial charge in [-0.15, -0.1) is 0 Å². The molecule has 1 heterocycles. The number of nitrogens with two attached hydrogens (primary N) is 1. The Kier molecular flexibility index (Phi) is 7.40. The number of nitrogens with zero attached hydrogens (tertiary/aromatic N) is 2.